The lowest BCUT2D eigenvalue weighted by atomic mass is 10.3. The van der Waals surface area contributed by atoms with Gasteiger partial charge in [0.15, 0.2) is 5.75 Å². The Morgan fingerprint density at radius 3 is 2.74 bits per heavy atom. The lowest BCUT2D eigenvalue weighted by Crippen LogP contribution is -2.10. The molecule has 0 aliphatic rings. The van der Waals surface area contributed by atoms with Crippen LogP contribution < -0.4 is 16.0 Å². The zero-order valence-corrected chi connectivity index (χ0v) is 12.2. The highest BCUT2D eigenvalue weighted by Gasteiger charge is 2.13. The van der Waals surface area contributed by atoms with Crippen LogP contribution in [0.1, 0.15) is 0 Å². The van der Waals surface area contributed by atoms with Crippen molar-refractivity contribution in [1.82, 2.24) is 9.97 Å². The maximum atomic E-state index is 13.4. The molecule has 0 aliphatic heterocycles. The molecular weight excluding hydrogens is 362 g/mol. The second-order valence-corrected chi connectivity index (χ2v) is 4.96. The first-order chi connectivity index (χ1) is 9.01. The summed E-state index contributed by atoms with van der Waals surface area (Å²) >= 11 is 14.8. The molecule has 1 aromatic heterocycles. The van der Waals surface area contributed by atoms with E-state index in [4.69, 9.17) is 33.8 Å². The molecule has 2 aromatic rings. The molecule has 0 aliphatic carbocycles. The molecule has 0 saturated carbocycles. The van der Waals surface area contributed by atoms with Gasteiger partial charge in [-0.1, -0.05) is 23.2 Å². The summed E-state index contributed by atoms with van der Waals surface area (Å²) in [4.78, 5) is 7.66. The Morgan fingerprint density at radius 1 is 1.32 bits per heavy atom. The highest BCUT2D eigenvalue weighted by atomic mass is 79.9. The van der Waals surface area contributed by atoms with Gasteiger partial charge in [-0.2, -0.15) is 4.98 Å². The van der Waals surface area contributed by atoms with Crippen molar-refractivity contribution in [3.05, 3.63) is 38.7 Å². The first-order valence-corrected chi connectivity index (χ1v) is 6.37. The normalized spacial score (nSPS) is 10.4. The molecule has 0 amide bonds. The molecule has 3 N–H and O–H groups in total. The van der Waals surface area contributed by atoms with Crippen LogP contribution in [0, 0.1) is 5.82 Å². The fourth-order valence-corrected chi connectivity index (χ4v) is 1.99. The van der Waals surface area contributed by atoms with Gasteiger partial charge < -0.3 is 4.74 Å². The molecule has 0 atom stereocenters. The van der Waals surface area contributed by atoms with Gasteiger partial charge in [0.2, 0.25) is 11.8 Å². The van der Waals surface area contributed by atoms with Gasteiger partial charge >= 0.3 is 0 Å². The minimum atomic E-state index is -0.526. The lowest BCUT2D eigenvalue weighted by Gasteiger charge is -2.09. The van der Waals surface area contributed by atoms with Crippen molar-refractivity contribution in [1.29, 1.82) is 0 Å². The van der Waals surface area contributed by atoms with E-state index in [2.05, 4.69) is 31.3 Å². The fraction of sp³-hybridized carbons (Fsp3) is 0. The SMILES string of the molecule is NNc1ncc(Cl)c(Oc2cc(F)c(Br)cc2Cl)n1. The van der Waals surface area contributed by atoms with Gasteiger partial charge in [-0.15, -0.1) is 0 Å². The summed E-state index contributed by atoms with van der Waals surface area (Å²) in [5.74, 6) is 4.83. The molecule has 9 heteroatoms. The van der Waals surface area contributed by atoms with Gasteiger partial charge in [0, 0.05) is 6.07 Å². The highest BCUT2D eigenvalue weighted by Crippen LogP contribution is 2.35. The molecule has 100 valence electrons. The van der Waals surface area contributed by atoms with E-state index in [1.54, 1.807) is 0 Å². The topological polar surface area (TPSA) is 73.1 Å². The van der Waals surface area contributed by atoms with Crippen LogP contribution in [0.15, 0.2) is 22.8 Å². The molecule has 5 nitrogen and oxygen atoms in total. The first-order valence-electron chi connectivity index (χ1n) is 4.83. The monoisotopic (exact) mass is 366 g/mol. The third-order valence-electron chi connectivity index (χ3n) is 2.02. The number of nitrogens with zero attached hydrogens (tertiary/aromatic N) is 2. The lowest BCUT2D eigenvalue weighted by molar-refractivity contribution is 0.457. The molecule has 0 radical (unpaired) electrons. The van der Waals surface area contributed by atoms with Crippen LogP contribution in [0.2, 0.25) is 10.0 Å². The minimum Gasteiger partial charge on any atom is -0.436 e. The van der Waals surface area contributed by atoms with E-state index in [1.807, 2.05) is 0 Å². The summed E-state index contributed by atoms with van der Waals surface area (Å²) in [6.45, 7) is 0. The van der Waals surface area contributed by atoms with Crippen molar-refractivity contribution in [3.8, 4) is 11.6 Å². The van der Waals surface area contributed by atoms with Crippen LogP contribution in [-0.4, -0.2) is 9.97 Å². The van der Waals surface area contributed by atoms with Crippen molar-refractivity contribution >= 4 is 45.1 Å². The Bertz CT molecular complexity index is 629. The molecule has 1 heterocycles. The van der Waals surface area contributed by atoms with Gasteiger partial charge in [-0.05, 0) is 22.0 Å². The Morgan fingerprint density at radius 2 is 2.05 bits per heavy atom. The largest absolute Gasteiger partial charge is 0.436 e. The number of ether oxygens (including phenoxy) is 1. The van der Waals surface area contributed by atoms with E-state index in [0.717, 1.165) is 6.07 Å². The van der Waals surface area contributed by atoms with Gasteiger partial charge in [0.05, 0.1) is 15.7 Å². The zero-order valence-electron chi connectivity index (χ0n) is 9.12. The maximum Gasteiger partial charge on any atom is 0.243 e. The average molecular weight is 368 g/mol. The number of nitrogen functional groups attached to an aromatic ring is 1. The number of nitrogens with one attached hydrogen (secondary N) is 1. The molecular formula is C10H6BrCl2FN4O. The number of hydrogen-bond acceptors (Lipinski definition) is 5. The van der Waals surface area contributed by atoms with E-state index < -0.39 is 5.82 Å². The number of anilines is 1. The standard InChI is InChI=1S/C10H6BrCl2FN4O/c11-4-1-5(12)8(2-7(4)14)19-9-6(13)3-16-10(17-9)18-15/h1-3H,15H2,(H,16,17,18). The van der Waals surface area contributed by atoms with Crippen molar-refractivity contribution in [2.45, 2.75) is 0 Å². The number of hydrogen-bond donors (Lipinski definition) is 2. The summed E-state index contributed by atoms with van der Waals surface area (Å²) in [5, 5.41) is 0.337. The molecule has 0 spiro atoms. The molecule has 19 heavy (non-hydrogen) atoms. The quantitative estimate of drug-likeness (QED) is 0.490. The number of benzene rings is 1. The van der Waals surface area contributed by atoms with Crippen LogP contribution in [0.25, 0.3) is 0 Å². The van der Waals surface area contributed by atoms with Crippen LogP contribution in [0.3, 0.4) is 0 Å². The third kappa shape index (κ3) is 3.24. The molecule has 0 saturated heterocycles. The summed E-state index contributed by atoms with van der Waals surface area (Å²) in [5.41, 5.74) is 2.24. The molecule has 2 rings (SSSR count). The van der Waals surface area contributed by atoms with E-state index >= 15 is 0 Å². The Kier molecular flexibility index (Phi) is 4.41. The smallest absolute Gasteiger partial charge is 0.243 e. The summed E-state index contributed by atoms with van der Waals surface area (Å²) in [6, 6.07) is 2.48. The number of aromatic nitrogens is 2. The van der Waals surface area contributed by atoms with E-state index in [1.165, 1.54) is 12.3 Å². The van der Waals surface area contributed by atoms with Crippen LogP contribution in [-0.2, 0) is 0 Å². The maximum absolute atomic E-state index is 13.4. The van der Waals surface area contributed by atoms with Crippen LogP contribution in [0.4, 0.5) is 10.3 Å². The van der Waals surface area contributed by atoms with Crippen molar-refractivity contribution in [2.75, 3.05) is 5.43 Å². The van der Waals surface area contributed by atoms with Gasteiger partial charge in [-0.3, -0.25) is 5.43 Å². The first kappa shape index (κ1) is 14.3. The number of halogens is 4. The average Bonchev–Trinajstić information content (AvgIpc) is 2.38. The fourth-order valence-electron chi connectivity index (χ4n) is 1.18. The Labute approximate surface area is 126 Å². The Balaban J connectivity index is 2.38. The van der Waals surface area contributed by atoms with E-state index in [-0.39, 0.29) is 32.1 Å². The molecule has 0 bridgehead atoms. The van der Waals surface area contributed by atoms with Gasteiger partial charge in [0.25, 0.3) is 0 Å². The number of rotatable bonds is 3. The Hall–Kier alpha value is -1.15. The van der Waals surface area contributed by atoms with Gasteiger partial charge in [0.1, 0.15) is 10.8 Å². The van der Waals surface area contributed by atoms with Crippen LogP contribution >= 0.6 is 39.1 Å². The van der Waals surface area contributed by atoms with Gasteiger partial charge in [-0.25, -0.2) is 15.2 Å². The number of hydrazine groups is 1. The van der Waals surface area contributed by atoms with E-state index in [9.17, 15) is 4.39 Å². The predicted molar refractivity (Wildman–Crippen MR) is 74.0 cm³/mol. The predicted octanol–water partition coefficient (Wildman–Crippen LogP) is 3.76. The molecule has 0 unspecified atom stereocenters. The third-order valence-corrected chi connectivity index (χ3v) is 3.18. The van der Waals surface area contributed by atoms with Crippen molar-refractivity contribution in [2.24, 2.45) is 5.84 Å². The second-order valence-electron chi connectivity index (χ2n) is 3.29. The van der Waals surface area contributed by atoms with Crippen molar-refractivity contribution in [3.63, 3.8) is 0 Å². The summed E-state index contributed by atoms with van der Waals surface area (Å²) in [7, 11) is 0. The van der Waals surface area contributed by atoms with Crippen LogP contribution in [0.5, 0.6) is 11.6 Å². The zero-order chi connectivity index (χ0) is 14.0. The second kappa shape index (κ2) is 5.87. The molecule has 1 aromatic carbocycles. The van der Waals surface area contributed by atoms with Crippen molar-refractivity contribution < 1.29 is 9.13 Å². The highest BCUT2D eigenvalue weighted by molar-refractivity contribution is 9.10. The summed E-state index contributed by atoms with van der Waals surface area (Å²) < 4.78 is 19.0. The molecule has 0 fully saturated rings. The summed E-state index contributed by atoms with van der Waals surface area (Å²) in [6.07, 6.45) is 1.29. The minimum absolute atomic E-state index is 0.00763. The number of nitrogens with two attached hydrogens (primary N) is 1. The van der Waals surface area contributed by atoms with E-state index in [0.29, 0.717) is 0 Å².